The van der Waals surface area contributed by atoms with E-state index < -0.39 is 12.8 Å². The lowest BCUT2D eigenvalue weighted by molar-refractivity contribution is -0.177. The number of halogens is 3. The zero-order valence-electron chi connectivity index (χ0n) is 7.56. The van der Waals surface area contributed by atoms with E-state index in [1.54, 1.807) is 0 Å². The zero-order valence-corrected chi connectivity index (χ0v) is 7.56. The molecule has 6 heteroatoms. The predicted molar refractivity (Wildman–Crippen MR) is 42.6 cm³/mol. The van der Waals surface area contributed by atoms with Crippen LogP contribution in [0.15, 0.2) is 0 Å². The number of hydrogen-bond donors (Lipinski definition) is 1. The van der Waals surface area contributed by atoms with Gasteiger partial charge in [0.25, 0.3) is 0 Å². The zero-order chi connectivity index (χ0) is 10.6. The van der Waals surface area contributed by atoms with Crippen LogP contribution >= 0.6 is 0 Å². The van der Waals surface area contributed by atoms with Gasteiger partial charge in [0.1, 0.15) is 6.61 Å². The van der Waals surface area contributed by atoms with Crippen molar-refractivity contribution in [1.82, 2.24) is 5.32 Å². The highest BCUT2D eigenvalue weighted by molar-refractivity contribution is 5.76. The smallest absolute Gasteiger partial charge is 0.372 e. The number of ether oxygens (including phenoxy) is 1. The average molecular weight is 211 g/mol. The number of carbonyl (C=O) groups is 1. The van der Waals surface area contributed by atoms with Gasteiger partial charge in [-0.3, -0.25) is 4.79 Å². The van der Waals surface area contributed by atoms with E-state index in [-0.39, 0.29) is 24.9 Å². The molecular formula is C8H12F3NO2. The van der Waals surface area contributed by atoms with E-state index in [0.29, 0.717) is 13.0 Å². The van der Waals surface area contributed by atoms with Crippen LogP contribution in [0.4, 0.5) is 13.2 Å². The van der Waals surface area contributed by atoms with E-state index in [2.05, 4.69) is 10.1 Å². The maximum absolute atomic E-state index is 11.7. The van der Waals surface area contributed by atoms with Crippen molar-refractivity contribution in [2.75, 3.05) is 19.8 Å². The molecule has 0 radical (unpaired) electrons. The quantitative estimate of drug-likeness (QED) is 0.758. The number of amides is 1. The standard InChI is InChI=1S/C8H12F3NO2/c9-8(10,11)5-14-4-6-1-2-12-7(13)3-6/h6H,1-5H2,(H,12,13)/t6-/m0/s1. The molecule has 1 N–H and O–H groups in total. The van der Waals surface area contributed by atoms with Gasteiger partial charge < -0.3 is 10.1 Å². The summed E-state index contributed by atoms with van der Waals surface area (Å²) in [6.07, 6.45) is -3.33. The summed E-state index contributed by atoms with van der Waals surface area (Å²) in [4.78, 5) is 10.8. The summed E-state index contributed by atoms with van der Waals surface area (Å²) >= 11 is 0. The SMILES string of the molecule is O=C1C[C@@H](COCC(F)(F)F)CCN1. The lowest BCUT2D eigenvalue weighted by Crippen LogP contribution is -2.35. The molecule has 1 saturated heterocycles. The molecule has 0 aromatic rings. The lowest BCUT2D eigenvalue weighted by atomic mass is 9.99. The maximum Gasteiger partial charge on any atom is 0.411 e. The predicted octanol–water partition coefficient (Wildman–Crippen LogP) is 1.09. The molecule has 1 aliphatic heterocycles. The highest BCUT2D eigenvalue weighted by Crippen LogP contribution is 2.17. The van der Waals surface area contributed by atoms with Crippen molar-refractivity contribution < 1.29 is 22.7 Å². The van der Waals surface area contributed by atoms with Crippen molar-refractivity contribution in [2.45, 2.75) is 19.0 Å². The summed E-state index contributed by atoms with van der Waals surface area (Å²) in [5.41, 5.74) is 0. The van der Waals surface area contributed by atoms with Crippen LogP contribution in [-0.2, 0) is 9.53 Å². The third-order valence-electron chi connectivity index (χ3n) is 1.97. The van der Waals surface area contributed by atoms with Crippen LogP contribution in [0.25, 0.3) is 0 Å². The van der Waals surface area contributed by atoms with Crippen LogP contribution in [-0.4, -0.2) is 31.8 Å². The summed E-state index contributed by atoms with van der Waals surface area (Å²) in [5, 5.41) is 2.60. The minimum absolute atomic E-state index is 0.00687. The van der Waals surface area contributed by atoms with E-state index >= 15 is 0 Å². The molecule has 0 aromatic heterocycles. The number of hydrogen-bond acceptors (Lipinski definition) is 2. The summed E-state index contributed by atoms with van der Waals surface area (Å²) in [6, 6.07) is 0. The van der Waals surface area contributed by atoms with Crippen molar-refractivity contribution in [3.8, 4) is 0 Å². The summed E-state index contributed by atoms with van der Waals surface area (Å²) in [5.74, 6) is -0.192. The number of alkyl halides is 3. The minimum Gasteiger partial charge on any atom is -0.372 e. The topological polar surface area (TPSA) is 38.3 Å². The highest BCUT2D eigenvalue weighted by atomic mass is 19.4. The molecule has 0 aliphatic carbocycles. The molecule has 0 aromatic carbocycles. The number of nitrogens with one attached hydrogen (secondary N) is 1. The molecule has 14 heavy (non-hydrogen) atoms. The van der Waals surface area contributed by atoms with Crippen molar-refractivity contribution >= 4 is 5.91 Å². The first-order chi connectivity index (χ1) is 6.47. The molecule has 1 rings (SSSR count). The molecule has 3 nitrogen and oxygen atoms in total. The maximum atomic E-state index is 11.7. The fraction of sp³-hybridized carbons (Fsp3) is 0.875. The Bertz CT molecular complexity index is 205. The average Bonchev–Trinajstić information content (AvgIpc) is 2.01. The van der Waals surface area contributed by atoms with Crippen molar-refractivity contribution in [2.24, 2.45) is 5.92 Å². The molecular weight excluding hydrogens is 199 g/mol. The van der Waals surface area contributed by atoms with Crippen LogP contribution in [0.5, 0.6) is 0 Å². The van der Waals surface area contributed by atoms with Gasteiger partial charge in [-0.15, -0.1) is 0 Å². The Balaban J connectivity index is 2.15. The molecule has 0 spiro atoms. The molecule has 0 unspecified atom stereocenters. The summed E-state index contributed by atoms with van der Waals surface area (Å²) in [6.45, 7) is -0.697. The van der Waals surface area contributed by atoms with Crippen LogP contribution < -0.4 is 5.32 Å². The van der Waals surface area contributed by atoms with Gasteiger partial charge in [-0.2, -0.15) is 13.2 Å². The minimum atomic E-state index is -4.28. The summed E-state index contributed by atoms with van der Waals surface area (Å²) in [7, 11) is 0. The first kappa shape index (κ1) is 11.3. The van der Waals surface area contributed by atoms with E-state index in [9.17, 15) is 18.0 Å². The van der Waals surface area contributed by atoms with Crippen LogP contribution in [0.2, 0.25) is 0 Å². The summed E-state index contributed by atoms with van der Waals surface area (Å²) < 4.78 is 39.5. The van der Waals surface area contributed by atoms with E-state index in [4.69, 9.17) is 0 Å². The Morgan fingerprint density at radius 1 is 1.50 bits per heavy atom. The molecule has 1 amide bonds. The van der Waals surface area contributed by atoms with Crippen molar-refractivity contribution in [3.63, 3.8) is 0 Å². The van der Waals surface area contributed by atoms with E-state index in [1.165, 1.54) is 0 Å². The third-order valence-corrected chi connectivity index (χ3v) is 1.97. The molecule has 0 bridgehead atoms. The fourth-order valence-corrected chi connectivity index (χ4v) is 1.34. The molecule has 1 atom stereocenters. The van der Waals surface area contributed by atoms with Gasteiger partial charge in [-0.1, -0.05) is 0 Å². The van der Waals surface area contributed by atoms with Gasteiger partial charge in [0.15, 0.2) is 0 Å². The van der Waals surface area contributed by atoms with E-state index in [1.807, 2.05) is 0 Å². The molecule has 1 heterocycles. The largest absolute Gasteiger partial charge is 0.411 e. The third kappa shape index (κ3) is 4.45. The molecule has 1 aliphatic rings. The number of piperidine rings is 1. The van der Waals surface area contributed by atoms with Gasteiger partial charge in [0.05, 0.1) is 6.61 Å². The second-order valence-corrected chi connectivity index (χ2v) is 3.34. The normalized spacial score (nSPS) is 23.4. The second kappa shape index (κ2) is 4.63. The van der Waals surface area contributed by atoms with Crippen molar-refractivity contribution in [1.29, 1.82) is 0 Å². The highest BCUT2D eigenvalue weighted by Gasteiger charge is 2.28. The molecule has 0 saturated carbocycles. The van der Waals surface area contributed by atoms with Crippen LogP contribution in [0, 0.1) is 5.92 Å². The van der Waals surface area contributed by atoms with E-state index in [0.717, 1.165) is 0 Å². The fourth-order valence-electron chi connectivity index (χ4n) is 1.34. The van der Waals surface area contributed by atoms with Gasteiger partial charge in [-0.25, -0.2) is 0 Å². The number of rotatable bonds is 3. The molecule has 1 fully saturated rings. The monoisotopic (exact) mass is 211 g/mol. The lowest BCUT2D eigenvalue weighted by Gasteiger charge is -2.21. The van der Waals surface area contributed by atoms with Gasteiger partial charge >= 0.3 is 6.18 Å². The van der Waals surface area contributed by atoms with Crippen LogP contribution in [0.1, 0.15) is 12.8 Å². The Labute approximate surface area is 79.6 Å². The van der Waals surface area contributed by atoms with Gasteiger partial charge in [-0.05, 0) is 12.3 Å². The second-order valence-electron chi connectivity index (χ2n) is 3.34. The Morgan fingerprint density at radius 3 is 2.79 bits per heavy atom. The van der Waals surface area contributed by atoms with Gasteiger partial charge in [0.2, 0.25) is 5.91 Å². The van der Waals surface area contributed by atoms with Crippen molar-refractivity contribution in [3.05, 3.63) is 0 Å². The molecule has 82 valence electrons. The Kier molecular flexibility index (Phi) is 3.74. The van der Waals surface area contributed by atoms with Gasteiger partial charge in [0, 0.05) is 13.0 Å². The Morgan fingerprint density at radius 2 is 2.21 bits per heavy atom. The first-order valence-electron chi connectivity index (χ1n) is 4.38. The van der Waals surface area contributed by atoms with Crippen LogP contribution in [0.3, 0.4) is 0 Å². The first-order valence-corrected chi connectivity index (χ1v) is 4.38. The number of carbonyl (C=O) groups excluding carboxylic acids is 1. The Hall–Kier alpha value is -0.780.